The quantitative estimate of drug-likeness (QED) is 0.425. The van der Waals surface area contributed by atoms with E-state index in [2.05, 4.69) is 27.4 Å². The Morgan fingerprint density at radius 2 is 1.50 bits per heavy atom. The summed E-state index contributed by atoms with van der Waals surface area (Å²) in [6.07, 6.45) is 1.72. The van der Waals surface area contributed by atoms with Gasteiger partial charge < -0.3 is 10.1 Å². The number of aryl methyl sites for hydroxylation is 2. The summed E-state index contributed by atoms with van der Waals surface area (Å²) < 4.78 is 6.30. The van der Waals surface area contributed by atoms with Crippen LogP contribution in [0, 0.1) is 36.5 Å². The van der Waals surface area contributed by atoms with Crippen molar-refractivity contribution in [2.75, 3.05) is 5.32 Å². The highest BCUT2D eigenvalue weighted by Crippen LogP contribution is 2.35. The lowest BCUT2D eigenvalue weighted by Gasteiger charge is -2.15. The van der Waals surface area contributed by atoms with Gasteiger partial charge in [0.15, 0.2) is 0 Å². The van der Waals surface area contributed by atoms with E-state index >= 15 is 0 Å². The second kappa shape index (κ2) is 8.99. The van der Waals surface area contributed by atoms with E-state index in [1.54, 1.807) is 42.6 Å². The molecule has 1 N–H and O–H groups in total. The molecule has 0 aliphatic heterocycles. The minimum Gasteiger partial charge on any atom is -0.438 e. The molecule has 0 bridgehead atoms. The van der Waals surface area contributed by atoms with Gasteiger partial charge in [0.2, 0.25) is 11.8 Å². The zero-order valence-electron chi connectivity index (χ0n) is 17.6. The Hall–Kier alpha value is -4.68. The average molecular weight is 417 g/mol. The van der Waals surface area contributed by atoms with Gasteiger partial charge in [0.25, 0.3) is 0 Å². The van der Waals surface area contributed by atoms with Gasteiger partial charge in [-0.25, -0.2) is 4.98 Å². The maximum absolute atomic E-state index is 9.23. The number of hydrogen-bond acceptors (Lipinski definition) is 6. The molecular weight excluding hydrogens is 398 g/mol. The van der Waals surface area contributed by atoms with Crippen molar-refractivity contribution in [3.8, 4) is 34.9 Å². The van der Waals surface area contributed by atoms with Crippen molar-refractivity contribution in [3.05, 3.63) is 95.2 Å². The largest absolute Gasteiger partial charge is 0.438 e. The second-order valence-electron chi connectivity index (χ2n) is 7.25. The number of rotatable bonds is 5. The Labute approximate surface area is 186 Å². The van der Waals surface area contributed by atoms with Crippen LogP contribution in [0.1, 0.15) is 22.3 Å². The summed E-state index contributed by atoms with van der Waals surface area (Å²) >= 11 is 0. The normalized spacial score (nSPS) is 10.1. The van der Waals surface area contributed by atoms with Crippen LogP contribution in [-0.2, 0) is 0 Å². The lowest BCUT2D eigenvalue weighted by atomic mass is 10.1. The van der Waals surface area contributed by atoms with E-state index in [0.717, 1.165) is 27.9 Å². The lowest BCUT2D eigenvalue weighted by molar-refractivity contribution is 0.457. The fourth-order valence-electron chi connectivity index (χ4n) is 3.35. The maximum atomic E-state index is 9.23. The van der Waals surface area contributed by atoms with Crippen molar-refractivity contribution >= 4 is 11.6 Å². The van der Waals surface area contributed by atoms with Gasteiger partial charge in [-0.05, 0) is 66.9 Å². The lowest BCUT2D eigenvalue weighted by Crippen LogP contribution is -2.02. The summed E-state index contributed by atoms with van der Waals surface area (Å²) in [4.78, 5) is 9.09. The molecule has 4 aromatic rings. The van der Waals surface area contributed by atoms with Crippen molar-refractivity contribution in [1.29, 1.82) is 10.5 Å². The molecule has 0 saturated carbocycles. The highest BCUT2D eigenvalue weighted by Gasteiger charge is 2.15. The molecule has 0 atom stereocenters. The van der Waals surface area contributed by atoms with E-state index in [-0.39, 0.29) is 0 Å². The third-order valence-corrected chi connectivity index (χ3v) is 4.90. The summed E-state index contributed by atoms with van der Waals surface area (Å²) in [5.41, 5.74) is 5.29. The minimum absolute atomic E-state index is 0.369. The first-order valence-electron chi connectivity index (χ1n) is 9.96. The van der Waals surface area contributed by atoms with Gasteiger partial charge in [-0.3, -0.25) is 0 Å². The Morgan fingerprint density at radius 1 is 0.844 bits per heavy atom. The number of nitrogens with zero attached hydrogens (tertiary/aromatic N) is 4. The first kappa shape index (κ1) is 20.6. The molecule has 0 amide bonds. The van der Waals surface area contributed by atoms with E-state index in [9.17, 15) is 5.26 Å². The van der Waals surface area contributed by atoms with Crippen LogP contribution in [0.5, 0.6) is 11.6 Å². The van der Waals surface area contributed by atoms with E-state index in [1.807, 2.05) is 44.2 Å². The predicted molar refractivity (Wildman–Crippen MR) is 123 cm³/mol. The Bertz CT molecular complexity index is 1330. The van der Waals surface area contributed by atoms with Crippen molar-refractivity contribution in [1.82, 2.24) is 9.97 Å². The first-order valence-corrected chi connectivity index (χ1v) is 9.96. The highest BCUT2D eigenvalue weighted by molar-refractivity contribution is 5.70. The molecule has 6 heteroatoms. The number of benzene rings is 3. The molecule has 0 spiro atoms. The molecule has 154 valence electrons. The third-order valence-electron chi connectivity index (χ3n) is 4.90. The van der Waals surface area contributed by atoms with Crippen molar-refractivity contribution in [3.63, 3.8) is 0 Å². The molecule has 0 saturated heterocycles. The number of nitriles is 2. The highest BCUT2D eigenvalue weighted by atomic mass is 16.5. The van der Waals surface area contributed by atoms with Crippen LogP contribution in [-0.4, -0.2) is 9.97 Å². The molecule has 0 aliphatic carbocycles. The molecule has 6 nitrogen and oxygen atoms in total. The molecule has 0 radical (unpaired) electrons. The number of anilines is 2. The molecule has 3 aromatic carbocycles. The van der Waals surface area contributed by atoms with Crippen molar-refractivity contribution < 1.29 is 4.74 Å². The van der Waals surface area contributed by atoms with Gasteiger partial charge in [-0.2, -0.15) is 15.5 Å². The summed E-state index contributed by atoms with van der Waals surface area (Å²) in [5.74, 6) is 1.43. The summed E-state index contributed by atoms with van der Waals surface area (Å²) in [7, 11) is 0. The molecule has 4 rings (SSSR count). The van der Waals surface area contributed by atoms with Crippen LogP contribution in [0.25, 0.3) is 11.1 Å². The fraction of sp³-hybridized carbons (Fsp3) is 0.0769. The van der Waals surface area contributed by atoms with Crippen LogP contribution in [0.2, 0.25) is 0 Å². The van der Waals surface area contributed by atoms with Gasteiger partial charge in [0, 0.05) is 11.9 Å². The predicted octanol–water partition coefficient (Wildman–Crippen LogP) is 6.04. The number of hydrogen-bond donors (Lipinski definition) is 1. The maximum Gasteiger partial charge on any atom is 0.231 e. The molecule has 32 heavy (non-hydrogen) atoms. The zero-order chi connectivity index (χ0) is 22.5. The van der Waals surface area contributed by atoms with Gasteiger partial charge >= 0.3 is 0 Å². The van der Waals surface area contributed by atoms with Crippen LogP contribution in [0.15, 0.2) is 72.9 Å². The zero-order valence-corrected chi connectivity index (χ0v) is 17.6. The SMILES string of the molecule is Cc1cc(C#N)cc(C)c1Oc1nc(Nc2ccc(C#N)cc2)ncc1-c1ccccc1. The van der Waals surface area contributed by atoms with Gasteiger partial charge in [0.1, 0.15) is 5.75 Å². The molecule has 0 aliphatic rings. The van der Waals surface area contributed by atoms with Crippen LogP contribution in [0.3, 0.4) is 0 Å². The molecule has 0 unspecified atom stereocenters. The van der Waals surface area contributed by atoms with Crippen LogP contribution < -0.4 is 10.1 Å². The third kappa shape index (κ3) is 4.40. The van der Waals surface area contributed by atoms with Crippen LogP contribution >= 0.6 is 0 Å². The molecule has 1 heterocycles. The Morgan fingerprint density at radius 3 is 2.12 bits per heavy atom. The summed E-state index contributed by atoms with van der Waals surface area (Å²) in [5, 5.41) is 21.4. The first-order chi connectivity index (χ1) is 15.6. The van der Waals surface area contributed by atoms with Crippen molar-refractivity contribution in [2.45, 2.75) is 13.8 Å². The van der Waals surface area contributed by atoms with Crippen LogP contribution in [0.4, 0.5) is 11.6 Å². The van der Waals surface area contributed by atoms with E-state index in [4.69, 9.17) is 10.00 Å². The Balaban J connectivity index is 1.75. The van der Waals surface area contributed by atoms with E-state index in [1.165, 1.54) is 0 Å². The number of ether oxygens (including phenoxy) is 1. The Kier molecular flexibility index (Phi) is 5.78. The van der Waals surface area contributed by atoms with Gasteiger partial charge in [-0.1, -0.05) is 30.3 Å². The smallest absolute Gasteiger partial charge is 0.231 e. The van der Waals surface area contributed by atoms with Gasteiger partial charge in [0.05, 0.1) is 28.8 Å². The van der Waals surface area contributed by atoms with Crippen molar-refractivity contribution in [2.24, 2.45) is 0 Å². The monoisotopic (exact) mass is 417 g/mol. The fourth-order valence-corrected chi connectivity index (χ4v) is 3.35. The van der Waals surface area contributed by atoms with E-state index in [0.29, 0.717) is 28.7 Å². The minimum atomic E-state index is 0.369. The summed E-state index contributed by atoms with van der Waals surface area (Å²) in [6, 6.07) is 24.7. The standard InChI is InChI=1S/C26H19N5O/c1-17-12-20(15-28)13-18(2)24(17)32-25-23(21-6-4-3-5-7-21)16-29-26(31-25)30-22-10-8-19(14-27)9-11-22/h3-13,16H,1-2H3,(H,29,30,31). The topological polar surface area (TPSA) is 94.6 Å². The van der Waals surface area contributed by atoms with Gasteiger partial charge in [-0.15, -0.1) is 0 Å². The average Bonchev–Trinajstić information content (AvgIpc) is 2.82. The summed E-state index contributed by atoms with van der Waals surface area (Å²) in [6.45, 7) is 3.81. The van der Waals surface area contributed by atoms with E-state index < -0.39 is 0 Å². The molecular formula is C26H19N5O. The number of aromatic nitrogens is 2. The second-order valence-corrected chi connectivity index (χ2v) is 7.25. The molecule has 0 fully saturated rings. The number of nitrogens with one attached hydrogen (secondary N) is 1. The molecule has 1 aromatic heterocycles.